The Labute approximate surface area is 334 Å². The number of aliphatic hydroxyl groups is 3. The summed E-state index contributed by atoms with van der Waals surface area (Å²) in [5.74, 6) is -0.276. The maximum absolute atomic E-state index is 11.4. The summed E-state index contributed by atoms with van der Waals surface area (Å²) in [6.07, 6.45) is 39.5. The fourth-order valence-corrected chi connectivity index (χ4v) is 6.02. The van der Waals surface area contributed by atoms with Crippen molar-refractivity contribution in [3.8, 4) is 0 Å². The Hall–Kier alpha value is -1.46. The molecule has 0 aromatic carbocycles. The van der Waals surface area contributed by atoms with Gasteiger partial charge in [0, 0.05) is 26.1 Å². The van der Waals surface area contributed by atoms with Crippen molar-refractivity contribution in [1.29, 1.82) is 0 Å². The third-order valence-electron chi connectivity index (χ3n) is 9.27. The van der Waals surface area contributed by atoms with Crippen molar-refractivity contribution in [2.24, 2.45) is 5.73 Å². The van der Waals surface area contributed by atoms with Crippen LogP contribution in [0.1, 0.15) is 227 Å². The first-order valence-corrected chi connectivity index (χ1v) is 22.9. The van der Waals surface area contributed by atoms with Crippen molar-refractivity contribution >= 4 is 12.0 Å². The highest BCUT2D eigenvalue weighted by atomic mass is 16.5. The van der Waals surface area contributed by atoms with Gasteiger partial charge in [-0.1, -0.05) is 207 Å². The smallest absolute Gasteiger partial charge is 0.326 e. The molecule has 1 unspecified atom stereocenters. The molecule has 2 amide bonds. The minimum absolute atomic E-state index is 0.103. The number of nitrogens with two attached hydrogens (primary N) is 1. The van der Waals surface area contributed by atoms with E-state index in [-0.39, 0.29) is 19.2 Å². The molecule has 1 rings (SSSR count). The average molecular weight is 775 g/mol. The van der Waals surface area contributed by atoms with Crippen molar-refractivity contribution in [3.63, 3.8) is 0 Å². The third-order valence-corrected chi connectivity index (χ3v) is 9.27. The van der Waals surface area contributed by atoms with Crippen LogP contribution >= 0.6 is 0 Å². The molecule has 0 radical (unpaired) electrons. The molecule has 54 heavy (non-hydrogen) atoms. The van der Waals surface area contributed by atoms with Gasteiger partial charge in [0.1, 0.15) is 12.7 Å². The summed E-state index contributed by atoms with van der Waals surface area (Å²) in [6, 6.07) is -0.501. The molecule has 0 aromatic heterocycles. The normalized spacial score (nSPS) is 12.8. The van der Waals surface area contributed by atoms with Crippen LogP contribution in [0.25, 0.3) is 0 Å². The standard InChI is InChI=1S/C21H42O4.C16H34O.C4H10N4O.C3H8/c1-2-3-4-5-6-7-8-9-10-11-12-13-14-15-16-17-21(24)25-19-20(23)18-22;1-2-3-4-5-6-7-8-9-10-11-12-13-14-15-16-17;5-4(9)7-8-2-1-6-3-8;1-3-2/h20,22-23H,2-19H2,1H3;17H,2-16H2,1H3;6H,1-3H2,(H3,5,7,9);3H2,1-2H3. The van der Waals surface area contributed by atoms with Crippen molar-refractivity contribution in [2.45, 2.75) is 233 Å². The Bertz CT molecular complexity index is 699. The molecule has 0 saturated carbocycles. The van der Waals surface area contributed by atoms with E-state index in [0.717, 1.165) is 32.4 Å². The number of carbonyl (C=O) groups is 2. The SMILES string of the molecule is CCC.CCCCCCCCCCCCCCCCCC(=O)OCC(O)CO.CCCCCCCCCCCCCCCCO.NC(=O)NN1CCNC1. The van der Waals surface area contributed by atoms with E-state index in [0.29, 0.717) is 19.7 Å². The first kappa shape index (κ1) is 56.9. The first-order valence-electron chi connectivity index (χ1n) is 22.9. The van der Waals surface area contributed by atoms with Gasteiger partial charge >= 0.3 is 12.0 Å². The van der Waals surface area contributed by atoms with Crippen LogP contribution in [0.15, 0.2) is 0 Å². The fraction of sp³-hybridized carbons (Fsp3) is 0.955. The number of nitrogens with one attached hydrogen (secondary N) is 2. The lowest BCUT2D eigenvalue weighted by molar-refractivity contribution is -0.147. The number of ether oxygens (including phenoxy) is 1. The summed E-state index contributed by atoms with van der Waals surface area (Å²) < 4.78 is 4.86. The number of carbonyl (C=O) groups excluding carboxylic acids is 2. The highest BCUT2D eigenvalue weighted by molar-refractivity contribution is 5.71. The third kappa shape index (κ3) is 54.9. The van der Waals surface area contributed by atoms with E-state index in [9.17, 15) is 9.59 Å². The van der Waals surface area contributed by atoms with Gasteiger partial charge in [-0.3, -0.25) is 10.2 Å². The number of amides is 2. The number of esters is 1. The van der Waals surface area contributed by atoms with Gasteiger partial charge in [-0.2, -0.15) is 0 Å². The molecule has 0 spiro atoms. The van der Waals surface area contributed by atoms with Gasteiger partial charge < -0.3 is 31.1 Å². The molecule has 7 N–H and O–H groups in total. The summed E-state index contributed by atoms with van der Waals surface area (Å²) in [5.41, 5.74) is 7.30. The van der Waals surface area contributed by atoms with Gasteiger partial charge in [0.05, 0.1) is 13.3 Å². The molecule has 1 atom stereocenters. The molecule has 1 aliphatic heterocycles. The second-order valence-corrected chi connectivity index (χ2v) is 15.1. The van der Waals surface area contributed by atoms with Crippen LogP contribution in [0.4, 0.5) is 4.79 Å². The van der Waals surface area contributed by atoms with Crippen molar-refractivity contribution in [3.05, 3.63) is 0 Å². The van der Waals surface area contributed by atoms with Crippen LogP contribution in [0.3, 0.4) is 0 Å². The second-order valence-electron chi connectivity index (χ2n) is 15.1. The number of aliphatic hydroxyl groups excluding tert-OH is 3. The lowest BCUT2D eigenvalue weighted by Gasteiger charge is -2.12. The molecule has 0 aliphatic carbocycles. The predicted molar refractivity (Wildman–Crippen MR) is 229 cm³/mol. The highest BCUT2D eigenvalue weighted by Gasteiger charge is 2.10. The molecule has 1 saturated heterocycles. The number of urea groups is 1. The van der Waals surface area contributed by atoms with Gasteiger partial charge in [-0.15, -0.1) is 0 Å². The first-order chi connectivity index (χ1) is 26.3. The lowest BCUT2D eigenvalue weighted by atomic mass is 10.0. The summed E-state index contributed by atoms with van der Waals surface area (Å²) >= 11 is 0. The molecule has 0 bridgehead atoms. The topological polar surface area (TPSA) is 157 Å². The van der Waals surface area contributed by atoms with Crippen LogP contribution in [0.2, 0.25) is 0 Å². The molecular formula is C44H94N4O6. The van der Waals surface area contributed by atoms with Crippen LogP contribution in [-0.4, -0.2) is 78.0 Å². The number of hydrazine groups is 1. The molecular weight excluding hydrogens is 681 g/mol. The fourth-order valence-electron chi connectivity index (χ4n) is 6.02. The Kier molecular flexibility index (Phi) is 54.3. The zero-order valence-corrected chi connectivity index (χ0v) is 36.3. The van der Waals surface area contributed by atoms with Gasteiger partial charge in [-0.25, -0.2) is 9.80 Å². The maximum atomic E-state index is 11.4. The van der Waals surface area contributed by atoms with Crippen LogP contribution in [0.5, 0.6) is 0 Å². The molecule has 10 heteroatoms. The van der Waals surface area contributed by atoms with E-state index in [1.165, 1.54) is 173 Å². The van der Waals surface area contributed by atoms with Gasteiger partial charge in [0.2, 0.25) is 0 Å². The van der Waals surface area contributed by atoms with E-state index in [4.69, 9.17) is 25.8 Å². The van der Waals surface area contributed by atoms with E-state index in [1.807, 2.05) is 0 Å². The second kappa shape index (κ2) is 51.5. The number of primary amides is 1. The Balaban J connectivity index is -0.000000765. The van der Waals surface area contributed by atoms with E-state index in [2.05, 4.69) is 38.4 Å². The zero-order chi connectivity index (χ0) is 40.6. The van der Waals surface area contributed by atoms with Crippen molar-refractivity contribution in [2.75, 3.05) is 39.6 Å². The number of nitrogens with zero attached hydrogens (tertiary/aromatic N) is 1. The quantitative estimate of drug-likeness (QED) is 0.0279. The van der Waals surface area contributed by atoms with Crippen LogP contribution in [0, 0.1) is 0 Å². The molecule has 326 valence electrons. The summed E-state index contributed by atoms with van der Waals surface area (Å²) in [7, 11) is 0. The Morgan fingerprint density at radius 1 is 0.630 bits per heavy atom. The lowest BCUT2D eigenvalue weighted by Crippen LogP contribution is -2.44. The minimum Gasteiger partial charge on any atom is -0.463 e. The number of hydrogen-bond donors (Lipinski definition) is 6. The van der Waals surface area contributed by atoms with Crippen LogP contribution < -0.4 is 16.5 Å². The van der Waals surface area contributed by atoms with Gasteiger partial charge in [0.25, 0.3) is 0 Å². The number of unbranched alkanes of at least 4 members (excludes halogenated alkanes) is 27. The van der Waals surface area contributed by atoms with Gasteiger partial charge in [-0.05, 0) is 12.8 Å². The minimum atomic E-state index is -0.954. The van der Waals surface area contributed by atoms with E-state index in [1.54, 1.807) is 5.01 Å². The largest absolute Gasteiger partial charge is 0.463 e. The van der Waals surface area contributed by atoms with Crippen LogP contribution in [-0.2, 0) is 9.53 Å². The highest BCUT2D eigenvalue weighted by Crippen LogP contribution is 2.15. The van der Waals surface area contributed by atoms with E-state index < -0.39 is 12.1 Å². The van der Waals surface area contributed by atoms with Crippen molar-refractivity contribution < 1.29 is 29.6 Å². The molecule has 1 aliphatic rings. The monoisotopic (exact) mass is 775 g/mol. The summed E-state index contributed by atoms with van der Waals surface area (Å²) in [6.45, 7) is 11.1. The molecule has 0 aromatic rings. The van der Waals surface area contributed by atoms with Gasteiger partial charge in [0.15, 0.2) is 0 Å². The Morgan fingerprint density at radius 3 is 1.28 bits per heavy atom. The zero-order valence-electron chi connectivity index (χ0n) is 36.3. The summed E-state index contributed by atoms with van der Waals surface area (Å²) in [4.78, 5) is 21.6. The maximum Gasteiger partial charge on any atom is 0.326 e. The Morgan fingerprint density at radius 2 is 0.981 bits per heavy atom. The van der Waals surface area contributed by atoms with E-state index >= 15 is 0 Å². The molecule has 1 fully saturated rings. The molecule has 10 nitrogen and oxygen atoms in total. The average Bonchev–Trinajstić information content (AvgIpc) is 3.67. The van der Waals surface area contributed by atoms with Crippen molar-refractivity contribution in [1.82, 2.24) is 15.8 Å². The number of rotatable bonds is 34. The number of hydrogen-bond acceptors (Lipinski definition) is 8. The predicted octanol–water partition coefficient (Wildman–Crippen LogP) is 10.5. The summed E-state index contributed by atoms with van der Waals surface area (Å²) in [5, 5.41) is 31.1. The molecule has 1 heterocycles.